The number of methoxy groups -OCH3 is 1. The maximum absolute atomic E-state index is 12.1. The van der Waals surface area contributed by atoms with Crippen molar-refractivity contribution in [3.8, 4) is 0 Å². The first-order valence-corrected chi connectivity index (χ1v) is 9.39. The number of hydrogen-bond donors (Lipinski definition) is 1. The third-order valence-corrected chi connectivity index (χ3v) is 4.58. The van der Waals surface area contributed by atoms with Crippen LogP contribution in [0.3, 0.4) is 0 Å². The van der Waals surface area contributed by atoms with Crippen LogP contribution in [-0.4, -0.2) is 47.4 Å². The van der Waals surface area contributed by atoms with Crippen molar-refractivity contribution in [1.29, 1.82) is 0 Å². The molecule has 1 aromatic carbocycles. The molecule has 0 radical (unpaired) electrons. The van der Waals surface area contributed by atoms with Crippen LogP contribution < -0.4 is 9.62 Å². The lowest BCUT2D eigenvalue weighted by Gasteiger charge is -2.25. The normalized spacial score (nSPS) is 11.3. The van der Waals surface area contributed by atoms with Crippen molar-refractivity contribution in [2.45, 2.75) is 20.3 Å². The minimum Gasteiger partial charge on any atom is -0.385 e. The van der Waals surface area contributed by atoms with Gasteiger partial charge in [-0.05, 0) is 37.5 Å². The zero-order chi connectivity index (χ0) is 17.6. The van der Waals surface area contributed by atoms with E-state index in [4.69, 9.17) is 16.3 Å². The lowest BCUT2D eigenvalue weighted by molar-refractivity contribution is -0.119. The smallest absolute Gasteiger partial charge is 0.240 e. The molecule has 0 saturated carbocycles. The summed E-state index contributed by atoms with van der Waals surface area (Å²) in [7, 11) is -2.06. The molecule has 0 aliphatic rings. The molecule has 6 nitrogen and oxygen atoms in total. The van der Waals surface area contributed by atoms with Gasteiger partial charge >= 0.3 is 0 Å². The van der Waals surface area contributed by atoms with Gasteiger partial charge in [-0.15, -0.1) is 0 Å². The zero-order valence-corrected chi connectivity index (χ0v) is 15.4. The van der Waals surface area contributed by atoms with Crippen LogP contribution in [0.15, 0.2) is 12.1 Å². The summed E-state index contributed by atoms with van der Waals surface area (Å²) in [6.45, 7) is 4.28. The van der Waals surface area contributed by atoms with Gasteiger partial charge < -0.3 is 10.1 Å². The Kier molecular flexibility index (Phi) is 7.31. The fourth-order valence-corrected chi connectivity index (χ4v) is 3.62. The van der Waals surface area contributed by atoms with Gasteiger partial charge in [0.05, 0.1) is 17.0 Å². The van der Waals surface area contributed by atoms with Gasteiger partial charge in [0, 0.05) is 20.3 Å². The number of ether oxygens (including phenoxy) is 1. The van der Waals surface area contributed by atoms with E-state index in [9.17, 15) is 13.2 Å². The number of carbonyl (C=O) groups is 1. The lowest BCUT2D eigenvalue weighted by atomic mass is 10.1. The lowest BCUT2D eigenvalue weighted by Crippen LogP contribution is -2.41. The molecule has 0 aliphatic carbocycles. The number of hydrogen-bond acceptors (Lipinski definition) is 4. The van der Waals surface area contributed by atoms with Gasteiger partial charge in [0.25, 0.3) is 0 Å². The Morgan fingerprint density at radius 3 is 2.52 bits per heavy atom. The monoisotopic (exact) mass is 362 g/mol. The van der Waals surface area contributed by atoms with Crippen molar-refractivity contribution in [1.82, 2.24) is 5.32 Å². The molecule has 8 heteroatoms. The van der Waals surface area contributed by atoms with Crippen LogP contribution >= 0.6 is 11.6 Å². The molecule has 0 aromatic heterocycles. The number of amides is 1. The van der Waals surface area contributed by atoms with E-state index in [0.29, 0.717) is 35.8 Å². The summed E-state index contributed by atoms with van der Waals surface area (Å²) in [6, 6.07) is 3.51. The number of anilines is 1. The molecule has 130 valence electrons. The van der Waals surface area contributed by atoms with E-state index in [1.807, 2.05) is 13.0 Å². The Morgan fingerprint density at radius 2 is 2.00 bits per heavy atom. The second-order valence-electron chi connectivity index (χ2n) is 5.38. The highest BCUT2D eigenvalue weighted by Crippen LogP contribution is 2.32. The van der Waals surface area contributed by atoms with E-state index in [-0.39, 0.29) is 12.5 Å². The maximum atomic E-state index is 12.1. The fraction of sp³-hybridized carbons (Fsp3) is 0.533. The van der Waals surface area contributed by atoms with Crippen molar-refractivity contribution in [2.75, 3.05) is 37.4 Å². The molecule has 0 spiro atoms. The molecule has 0 heterocycles. The van der Waals surface area contributed by atoms with Crippen LogP contribution in [0.1, 0.15) is 17.5 Å². The maximum Gasteiger partial charge on any atom is 0.240 e. The Hall–Kier alpha value is -1.31. The third-order valence-electron chi connectivity index (χ3n) is 3.18. The predicted octanol–water partition coefficient (Wildman–Crippen LogP) is 1.88. The van der Waals surface area contributed by atoms with Crippen LogP contribution in [-0.2, 0) is 19.6 Å². The number of carbonyl (C=O) groups excluding carboxylic acids is 1. The van der Waals surface area contributed by atoms with Crippen molar-refractivity contribution >= 4 is 33.2 Å². The van der Waals surface area contributed by atoms with Crippen LogP contribution in [0, 0.1) is 13.8 Å². The molecule has 0 atom stereocenters. The average Bonchev–Trinajstić information content (AvgIpc) is 2.40. The van der Waals surface area contributed by atoms with Gasteiger partial charge in [0.15, 0.2) is 0 Å². The first-order valence-electron chi connectivity index (χ1n) is 7.17. The summed E-state index contributed by atoms with van der Waals surface area (Å²) in [5.41, 5.74) is 1.97. The Morgan fingerprint density at radius 1 is 1.35 bits per heavy atom. The largest absolute Gasteiger partial charge is 0.385 e. The summed E-state index contributed by atoms with van der Waals surface area (Å²) >= 11 is 6.21. The second kappa shape index (κ2) is 8.52. The van der Waals surface area contributed by atoms with Crippen molar-refractivity contribution < 1.29 is 17.9 Å². The standard InChI is InChI=1S/C15H23ClN2O4S/c1-11-8-12(2)15(13(16)9-11)18(23(4,20)21)10-14(19)17-6-5-7-22-3/h8-9H,5-7,10H2,1-4H3,(H,17,19). The van der Waals surface area contributed by atoms with Crippen LogP contribution in [0.2, 0.25) is 5.02 Å². The van der Waals surface area contributed by atoms with Crippen LogP contribution in [0.4, 0.5) is 5.69 Å². The molecule has 0 unspecified atom stereocenters. The molecule has 1 rings (SSSR count). The molecule has 1 N–H and O–H groups in total. The average molecular weight is 363 g/mol. The molecule has 0 bridgehead atoms. The number of rotatable bonds is 8. The SMILES string of the molecule is COCCCNC(=O)CN(c1c(C)cc(C)cc1Cl)S(C)(=O)=O. The van der Waals surface area contributed by atoms with E-state index in [2.05, 4.69) is 5.32 Å². The zero-order valence-electron chi connectivity index (χ0n) is 13.8. The summed E-state index contributed by atoms with van der Waals surface area (Å²) in [6.07, 6.45) is 1.71. The molecule has 23 heavy (non-hydrogen) atoms. The minimum absolute atomic E-state index is 0.306. The molecule has 0 saturated heterocycles. The van der Waals surface area contributed by atoms with Gasteiger partial charge in [-0.2, -0.15) is 0 Å². The molecular formula is C15H23ClN2O4S. The first kappa shape index (κ1) is 19.7. The van der Waals surface area contributed by atoms with E-state index in [1.165, 1.54) is 0 Å². The van der Waals surface area contributed by atoms with E-state index in [1.54, 1.807) is 20.1 Å². The topological polar surface area (TPSA) is 75.7 Å². The van der Waals surface area contributed by atoms with E-state index in [0.717, 1.165) is 16.1 Å². The van der Waals surface area contributed by atoms with Gasteiger partial charge in [-0.3, -0.25) is 9.10 Å². The van der Waals surface area contributed by atoms with Crippen molar-refractivity contribution in [3.05, 3.63) is 28.3 Å². The minimum atomic E-state index is -3.64. The number of sulfonamides is 1. The van der Waals surface area contributed by atoms with E-state index >= 15 is 0 Å². The molecule has 1 aromatic rings. The van der Waals surface area contributed by atoms with Crippen LogP contribution in [0.25, 0.3) is 0 Å². The highest BCUT2D eigenvalue weighted by Gasteiger charge is 2.24. The Bertz CT molecular complexity index is 638. The number of benzene rings is 1. The molecule has 1 amide bonds. The summed E-state index contributed by atoms with van der Waals surface area (Å²) in [4.78, 5) is 12.0. The summed E-state index contributed by atoms with van der Waals surface area (Å²) < 4.78 is 30.1. The summed E-state index contributed by atoms with van der Waals surface area (Å²) in [5, 5.41) is 2.98. The van der Waals surface area contributed by atoms with Crippen molar-refractivity contribution in [2.24, 2.45) is 0 Å². The third kappa shape index (κ3) is 6.01. The molecular weight excluding hydrogens is 340 g/mol. The fourth-order valence-electron chi connectivity index (χ4n) is 2.22. The van der Waals surface area contributed by atoms with Gasteiger partial charge in [-0.25, -0.2) is 8.42 Å². The van der Waals surface area contributed by atoms with Gasteiger partial charge in [0.1, 0.15) is 6.54 Å². The number of halogens is 1. The molecule has 0 fully saturated rings. The first-order chi connectivity index (χ1) is 10.7. The van der Waals surface area contributed by atoms with E-state index < -0.39 is 10.0 Å². The summed E-state index contributed by atoms with van der Waals surface area (Å²) in [5.74, 6) is -0.387. The predicted molar refractivity (Wildman–Crippen MR) is 92.6 cm³/mol. The number of nitrogens with one attached hydrogen (secondary N) is 1. The van der Waals surface area contributed by atoms with Gasteiger partial charge in [0.2, 0.25) is 15.9 Å². The highest BCUT2D eigenvalue weighted by molar-refractivity contribution is 7.92. The Balaban J connectivity index is 2.98. The highest BCUT2D eigenvalue weighted by atomic mass is 35.5. The Labute approximate surface area is 142 Å². The quantitative estimate of drug-likeness (QED) is 0.716. The van der Waals surface area contributed by atoms with Gasteiger partial charge in [-0.1, -0.05) is 17.7 Å². The second-order valence-corrected chi connectivity index (χ2v) is 7.69. The number of aryl methyl sites for hydroxylation is 2. The van der Waals surface area contributed by atoms with Crippen LogP contribution in [0.5, 0.6) is 0 Å². The molecule has 0 aliphatic heterocycles. The van der Waals surface area contributed by atoms with Crippen molar-refractivity contribution in [3.63, 3.8) is 0 Å². The number of nitrogens with zero attached hydrogens (tertiary/aromatic N) is 1.